The number of halogens is 2. The Balaban J connectivity index is 2.50. The molecule has 1 heterocycles. The lowest BCUT2D eigenvalue weighted by molar-refractivity contribution is 0.0519. The van der Waals surface area contributed by atoms with Crippen LogP contribution in [0, 0.1) is 0 Å². The van der Waals surface area contributed by atoms with Crippen molar-refractivity contribution in [3.63, 3.8) is 0 Å². The molecule has 0 radical (unpaired) electrons. The molecule has 0 atom stereocenters. The van der Waals surface area contributed by atoms with Crippen molar-refractivity contribution in [1.29, 1.82) is 0 Å². The molecular formula is C15H16Cl2N2O2. The Labute approximate surface area is 133 Å². The van der Waals surface area contributed by atoms with Gasteiger partial charge in [-0.15, -0.1) is 0 Å². The third kappa shape index (κ3) is 3.39. The van der Waals surface area contributed by atoms with Gasteiger partial charge in [0, 0.05) is 5.69 Å². The number of nitrogens with zero attached hydrogens (tertiary/aromatic N) is 2. The Kier molecular flexibility index (Phi) is 4.91. The predicted molar refractivity (Wildman–Crippen MR) is 83.6 cm³/mol. The number of ether oxygens (including phenoxy) is 1. The van der Waals surface area contributed by atoms with E-state index < -0.39 is 5.97 Å². The zero-order valence-electron chi connectivity index (χ0n) is 12.1. The lowest BCUT2D eigenvalue weighted by Crippen LogP contribution is -2.07. The second kappa shape index (κ2) is 6.50. The Morgan fingerprint density at radius 2 is 2.00 bits per heavy atom. The minimum atomic E-state index is -0.432. The molecule has 2 aromatic rings. The van der Waals surface area contributed by atoms with Crippen molar-refractivity contribution in [2.24, 2.45) is 0 Å². The van der Waals surface area contributed by atoms with Crippen molar-refractivity contribution < 1.29 is 9.53 Å². The van der Waals surface area contributed by atoms with Crippen molar-refractivity contribution in [1.82, 2.24) is 9.78 Å². The van der Waals surface area contributed by atoms with Gasteiger partial charge in [0.25, 0.3) is 0 Å². The normalized spacial score (nSPS) is 11.0. The first kappa shape index (κ1) is 15.9. The van der Waals surface area contributed by atoms with Gasteiger partial charge in [0.1, 0.15) is 0 Å². The van der Waals surface area contributed by atoms with E-state index >= 15 is 0 Å². The highest BCUT2D eigenvalue weighted by Crippen LogP contribution is 2.27. The highest BCUT2D eigenvalue weighted by Gasteiger charge is 2.18. The molecule has 2 rings (SSSR count). The van der Waals surface area contributed by atoms with E-state index in [9.17, 15) is 4.79 Å². The summed E-state index contributed by atoms with van der Waals surface area (Å²) in [6.07, 6.45) is 0. The summed E-state index contributed by atoms with van der Waals surface area (Å²) in [5, 5.41) is 5.25. The van der Waals surface area contributed by atoms with Gasteiger partial charge in [-0.05, 0) is 37.1 Å². The SMILES string of the molecule is CCOC(=O)c1cc(C(C)C)n(-c2ccc(Cl)c(Cl)c2)n1. The van der Waals surface area contributed by atoms with Gasteiger partial charge in [-0.2, -0.15) is 5.10 Å². The number of hydrogen-bond donors (Lipinski definition) is 0. The maximum atomic E-state index is 11.8. The third-order valence-electron chi connectivity index (χ3n) is 2.96. The molecule has 0 saturated carbocycles. The molecule has 112 valence electrons. The molecule has 4 nitrogen and oxygen atoms in total. The first-order chi connectivity index (χ1) is 9.93. The first-order valence-corrected chi connectivity index (χ1v) is 7.42. The minimum Gasteiger partial charge on any atom is -0.461 e. The zero-order valence-corrected chi connectivity index (χ0v) is 13.6. The van der Waals surface area contributed by atoms with E-state index in [1.165, 1.54) is 0 Å². The number of aromatic nitrogens is 2. The summed E-state index contributed by atoms with van der Waals surface area (Å²) in [7, 11) is 0. The van der Waals surface area contributed by atoms with Gasteiger partial charge in [-0.3, -0.25) is 0 Å². The topological polar surface area (TPSA) is 44.1 Å². The molecule has 0 aliphatic heterocycles. The highest BCUT2D eigenvalue weighted by atomic mass is 35.5. The lowest BCUT2D eigenvalue weighted by atomic mass is 10.1. The summed E-state index contributed by atoms with van der Waals surface area (Å²) in [5.74, 6) is -0.242. The van der Waals surface area contributed by atoms with Gasteiger partial charge in [0.15, 0.2) is 5.69 Å². The molecule has 1 aromatic heterocycles. The largest absolute Gasteiger partial charge is 0.461 e. The second-order valence-electron chi connectivity index (χ2n) is 4.84. The van der Waals surface area contributed by atoms with Crippen LogP contribution in [0.2, 0.25) is 10.0 Å². The van der Waals surface area contributed by atoms with Crippen LogP contribution in [-0.4, -0.2) is 22.4 Å². The molecule has 21 heavy (non-hydrogen) atoms. The van der Waals surface area contributed by atoms with E-state index in [-0.39, 0.29) is 11.6 Å². The van der Waals surface area contributed by atoms with Crippen molar-refractivity contribution in [3.8, 4) is 5.69 Å². The molecule has 0 bridgehead atoms. The molecule has 6 heteroatoms. The summed E-state index contributed by atoms with van der Waals surface area (Å²) in [4.78, 5) is 11.8. The average molecular weight is 327 g/mol. The van der Waals surface area contributed by atoms with Gasteiger partial charge in [-0.1, -0.05) is 37.0 Å². The molecular weight excluding hydrogens is 311 g/mol. The smallest absolute Gasteiger partial charge is 0.358 e. The van der Waals surface area contributed by atoms with Crippen LogP contribution in [0.4, 0.5) is 0 Å². The summed E-state index contributed by atoms with van der Waals surface area (Å²) in [6.45, 7) is 6.13. The van der Waals surface area contributed by atoms with Crippen LogP contribution in [-0.2, 0) is 4.74 Å². The number of esters is 1. The van der Waals surface area contributed by atoms with E-state index in [4.69, 9.17) is 27.9 Å². The van der Waals surface area contributed by atoms with E-state index in [0.717, 1.165) is 11.4 Å². The number of benzene rings is 1. The summed E-state index contributed by atoms with van der Waals surface area (Å²) >= 11 is 12.0. The summed E-state index contributed by atoms with van der Waals surface area (Å²) in [5.41, 5.74) is 1.94. The van der Waals surface area contributed by atoms with E-state index in [1.54, 1.807) is 29.8 Å². The fraction of sp³-hybridized carbons (Fsp3) is 0.333. The monoisotopic (exact) mass is 326 g/mol. The molecule has 1 aromatic carbocycles. The van der Waals surface area contributed by atoms with Crippen LogP contribution in [0.3, 0.4) is 0 Å². The van der Waals surface area contributed by atoms with Crippen LogP contribution >= 0.6 is 23.2 Å². The van der Waals surface area contributed by atoms with Gasteiger partial charge in [0.05, 0.1) is 22.3 Å². The molecule has 0 aliphatic rings. The third-order valence-corrected chi connectivity index (χ3v) is 3.70. The molecule has 0 aliphatic carbocycles. The van der Waals surface area contributed by atoms with Crippen molar-refractivity contribution in [3.05, 3.63) is 45.7 Å². The van der Waals surface area contributed by atoms with Gasteiger partial charge >= 0.3 is 5.97 Å². The molecule has 0 spiro atoms. The van der Waals surface area contributed by atoms with Gasteiger partial charge < -0.3 is 4.74 Å². The Morgan fingerprint density at radius 3 is 2.57 bits per heavy atom. The predicted octanol–water partition coefficient (Wildman–Crippen LogP) is 4.48. The number of carbonyl (C=O) groups is 1. The summed E-state index contributed by atoms with van der Waals surface area (Å²) < 4.78 is 6.69. The minimum absolute atomic E-state index is 0.190. The van der Waals surface area contributed by atoms with Crippen LogP contribution in [0.1, 0.15) is 42.9 Å². The zero-order chi connectivity index (χ0) is 15.6. The van der Waals surface area contributed by atoms with Crippen molar-refractivity contribution >= 4 is 29.2 Å². The fourth-order valence-electron chi connectivity index (χ4n) is 1.94. The second-order valence-corrected chi connectivity index (χ2v) is 5.65. The van der Waals surface area contributed by atoms with Crippen LogP contribution in [0.15, 0.2) is 24.3 Å². The van der Waals surface area contributed by atoms with Crippen molar-refractivity contribution in [2.75, 3.05) is 6.61 Å². The molecule has 0 unspecified atom stereocenters. The van der Waals surface area contributed by atoms with Gasteiger partial charge in [0.2, 0.25) is 0 Å². The molecule has 0 N–H and O–H groups in total. The van der Waals surface area contributed by atoms with E-state index in [2.05, 4.69) is 5.10 Å². The Bertz CT molecular complexity index is 666. The Morgan fingerprint density at radius 1 is 1.29 bits per heavy atom. The molecule has 0 fully saturated rings. The fourth-order valence-corrected chi connectivity index (χ4v) is 2.23. The highest BCUT2D eigenvalue weighted by molar-refractivity contribution is 6.42. The Hall–Kier alpha value is -1.52. The van der Waals surface area contributed by atoms with Gasteiger partial charge in [-0.25, -0.2) is 9.48 Å². The lowest BCUT2D eigenvalue weighted by Gasteiger charge is -2.10. The molecule has 0 saturated heterocycles. The van der Waals surface area contributed by atoms with Crippen molar-refractivity contribution in [2.45, 2.75) is 26.7 Å². The van der Waals surface area contributed by atoms with Crippen LogP contribution < -0.4 is 0 Å². The maximum absolute atomic E-state index is 11.8. The average Bonchev–Trinajstić information content (AvgIpc) is 2.87. The van der Waals surface area contributed by atoms with E-state index in [1.807, 2.05) is 19.9 Å². The molecule has 0 amide bonds. The maximum Gasteiger partial charge on any atom is 0.358 e. The number of rotatable bonds is 4. The summed E-state index contributed by atoms with van der Waals surface area (Å²) in [6, 6.07) is 6.97. The quantitative estimate of drug-likeness (QED) is 0.778. The number of carbonyl (C=O) groups excluding carboxylic acids is 1. The van der Waals surface area contributed by atoms with Crippen LogP contribution in [0.5, 0.6) is 0 Å². The number of hydrogen-bond acceptors (Lipinski definition) is 3. The van der Waals surface area contributed by atoms with Crippen LogP contribution in [0.25, 0.3) is 5.69 Å². The standard InChI is InChI=1S/C15H16Cl2N2O2/c1-4-21-15(20)13-8-14(9(2)3)19(18-13)10-5-6-11(16)12(17)7-10/h5-9H,4H2,1-3H3. The van der Waals surface area contributed by atoms with E-state index in [0.29, 0.717) is 16.7 Å². The first-order valence-electron chi connectivity index (χ1n) is 6.66.